The number of fused-ring (bicyclic) bond motifs is 3. The summed E-state index contributed by atoms with van der Waals surface area (Å²) in [6, 6.07) is 14.5. The summed E-state index contributed by atoms with van der Waals surface area (Å²) in [5.41, 5.74) is 4.79. The molecule has 1 aliphatic rings. The Morgan fingerprint density at radius 1 is 0.971 bits per heavy atom. The van der Waals surface area contributed by atoms with Gasteiger partial charge in [0.2, 0.25) is 5.76 Å². The van der Waals surface area contributed by atoms with Gasteiger partial charge in [0.25, 0.3) is 5.91 Å². The van der Waals surface area contributed by atoms with E-state index in [-0.39, 0.29) is 16.8 Å². The van der Waals surface area contributed by atoms with E-state index in [4.69, 9.17) is 9.40 Å². The number of carbonyl (C=O) groups excluding carboxylic acids is 1. The maximum atomic E-state index is 13.7. The van der Waals surface area contributed by atoms with Gasteiger partial charge in [-0.2, -0.15) is 0 Å². The van der Waals surface area contributed by atoms with Gasteiger partial charge in [-0.05, 0) is 67.8 Å². The van der Waals surface area contributed by atoms with Gasteiger partial charge in [0.05, 0.1) is 27.2 Å². The molecular weight excluding hydrogens is 451 g/mol. The number of benzene rings is 3. The molecule has 0 unspecified atom stereocenters. The van der Waals surface area contributed by atoms with E-state index in [1.54, 1.807) is 24.3 Å². The number of halogens is 1. The van der Waals surface area contributed by atoms with Crippen molar-refractivity contribution in [3.05, 3.63) is 104 Å². The lowest BCUT2D eigenvalue weighted by Gasteiger charge is -2.22. The van der Waals surface area contributed by atoms with Gasteiger partial charge in [0.1, 0.15) is 11.4 Å². The van der Waals surface area contributed by atoms with Crippen molar-refractivity contribution in [2.45, 2.75) is 26.8 Å². The first-order valence-electron chi connectivity index (χ1n) is 10.9. The molecule has 0 radical (unpaired) electrons. The van der Waals surface area contributed by atoms with E-state index in [2.05, 4.69) is 0 Å². The fourth-order valence-corrected chi connectivity index (χ4v) is 5.87. The Bertz CT molecular complexity index is 1700. The quantitative estimate of drug-likeness (QED) is 0.307. The summed E-state index contributed by atoms with van der Waals surface area (Å²) >= 11 is 1.39. The van der Waals surface area contributed by atoms with Crippen LogP contribution in [0.15, 0.2) is 63.8 Å². The molecule has 34 heavy (non-hydrogen) atoms. The zero-order valence-electron chi connectivity index (χ0n) is 18.7. The molecule has 0 bridgehead atoms. The number of aromatic nitrogens is 1. The molecule has 3 heterocycles. The molecule has 5 nitrogen and oxygen atoms in total. The van der Waals surface area contributed by atoms with Gasteiger partial charge in [0.15, 0.2) is 10.6 Å². The second-order valence-corrected chi connectivity index (χ2v) is 9.74. The lowest BCUT2D eigenvalue weighted by Crippen LogP contribution is -2.29. The van der Waals surface area contributed by atoms with Crippen molar-refractivity contribution in [1.82, 2.24) is 4.98 Å². The number of thiazole rings is 1. The second-order valence-electron chi connectivity index (χ2n) is 8.73. The van der Waals surface area contributed by atoms with E-state index < -0.39 is 17.8 Å². The Kier molecular flexibility index (Phi) is 4.47. The highest BCUT2D eigenvalue weighted by Crippen LogP contribution is 2.44. The van der Waals surface area contributed by atoms with Crippen LogP contribution in [-0.4, -0.2) is 10.9 Å². The Morgan fingerprint density at radius 2 is 1.74 bits per heavy atom. The first kappa shape index (κ1) is 20.7. The number of rotatable bonds is 2. The standard InChI is InChI=1S/C27H19FN2O3S/c1-13-4-9-19-18(11-13)24(31)21-23(16-5-7-17(28)8-6-16)30(26(32)25(21)33-19)27-29-22-15(3)10-14(2)12-20(22)34-27/h4-12,23H,1-3H3/t23-/m0/s1. The molecule has 1 atom stereocenters. The molecule has 0 spiro atoms. The number of nitrogens with zero attached hydrogens (tertiary/aromatic N) is 2. The Balaban J connectivity index is 1.65. The van der Waals surface area contributed by atoms with Crippen LogP contribution in [-0.2, 0) is 0 Å². The van der Waals surface area contributed by atoms with Gasteiger partial charge in [-0.25, -0.2) is 9.37 Å². The summed E-state index contributed by atoms with van der Waals surface area (Å²) in [4.78, 5) is 33.7. The van der Waals surface area contributed by atoms with Crippen LogP contribution in [0.3, 0.4) is 0 Å². The summed E-state index contributed by atoms with van der Waals surface area (Å²) < 4.78 is 20.7. The minimum absolute atomic E-state index is 0.00263. The van der Waals surface area contributed by atoms with Crippen LogP contribution in [0, 0.1) is 26.6 Å². The molecular formula is C27H19FN2O3S. The average Bonchev–Trinajstić information content (AvgIpc) is 3.34. The maximum Gasteiger partial charge on any atom is 0.297 e. The van der Waals surface area contributed by atoms with E-state index >= 15 is 0 Å². The fourth-order valence-electron chi connectivity index (χ4n) is 4.71. The van der Waals surface area contributed by atoms with E-state index in [0.717, 1.165) is 26.9 Å². The van der Waals surface area contributed by atoms with Crippen LogP contribution < -0.4 is 10.3 Å². The van der Waals surface area contributed by atoms with Crippen molar-refractivity contribution >= 4 is 43.6 Å². The number of carbonyl (C=O) groups is 1. The van der Waals surface area contributed by atoms with Crippen LogP contribution in [0.5, 0.6) is 0 Å². The highest BCUT2D eigenvalue weighted by molar-refractivity contribution is 7.22. The van der Waals surface area contributed by atoms with E-state index in [1.807, 2.05) is 39.0 Å². The van der Waals surface area contributed by atoms with Crippen LogP contribution in [0.25, 0.3) is 21.2 Å². The third kappa shape index (κ3) is 3.00. The molecule has 3 aromatic carbocycles. The normalized spacial score (nSPS) is 15.5. The van der Waals surface area contributed by atoms with Crippen molar-refractivity contribution in [2.75, 3.05) is 4.90 Å². The summed E-state index contributed by atoms with van der Waals surface area (Å²) in [5.74, 6) is -0.827. The van der Waals surface area contributed by atoms with Gasteiger partial charge in [0, 0.05) is 0 Å². The highest BCUT2D eigenvalue weighted by Gasteiger charge is 2.45. The third-order valence-electron chi connectivity index (χ3n) is 6.24. The number of aryl methyl sites for hydroxylation is 3. The second kappa shape index (κ2) is 7.33. The fraction of sp³-hybridized carbons (Fsp3) is 0.148. The zero-order chi connectivity index (χ0) is 23.7. The maximum absolute atomic E-state index is 13.7. The largest absolute Gasteiger partial charge is 0.450 e. The molecule has 0 saturated heterocycles. The predicted octanol–water partition coefficient (Wildman–Crippen LogP) is 6.22. The summed E-state index contributed by atoms with van der Waals surface area (Å²) in [6.07, 6.45) is 0. The monoisotopic (exact) mass is 470 g/mol. The predicted molar refractivity (Wildman–Crippen MR) is 131 cm³/mol. The minimum Gasteiger partial charge on any atom is -0.450 e. The van der Waals surface area contributed by atoms with Crippen molar-refractivity contribution in [1.29, 1.82) is 0 Å². The van der Waals surface area contributed by atoms with Crippen LogP contribution in [0.2, 0.25) is 0 Å². The first-order chi connectivity index (χ1) is 16.3. The van der Waals surface area contributed by atoms with Gasteiger partial charge in [-0.15, -0.1) is 0 Å². The third-order valence-corrected chi connectivity index (χ3v) is 7.24. The molecule has 0 saturated carbocycles. The molecule has 168 valence electrons. The van der Waals surface area contributed by atoms with E-state index in [9.17, 15) is 14.0 Å². The van der Waals surface area contributed by atoms with Crippen molar-refractivity contribution < 1.29 is 13.6 Å². The van der Waals surface area contributed by atoms with Gasteiger partial charge < -0.3 is 4.42 Å². The summed E-state index contributed by atoms with van der Waals surface area (Å²) in [7, 11) is 0. The Morgan fingerprint density at radius 3 is 2.50 bits per heavy atom. The molecule has 7 heteroatoms. The summed E-state index contributed by atoms with van der Waals surface area (Å²) in [6.45, 7) is 5.89. The molecule has 1 amide bonds. The van der Waals surface area contributed by atoms with E-state index in [1.165, 1.54) is 28.4 Å². The van der Waals surface area contributed by atoms with Crippen LogP contribution in [0.4, 0.5) is 9.52 Å². The van der Waals surface area contributed by atoms with Crippen LogP contribution >= 0.6 is 11.3 Å². The number of hydrogen-bond donors (Lipinski definition) is 0. The lowest BCUT2D eigenvalue weighted by molar-refractivity contribution is 0.0971. The number of amides is 1. The molecule has 0 N–H and O–H groups in total. The summed E-state index contributed by atoms with van der Waals surface area (Å²) in [5, 5.41) is 0.880. The zero-order valence-corrected chi connectivity index (χ0v) is 19.5. The van der Waals surface area contributed by atoms with Crippen LogP contribution in [0.1, 0.15) is 44.4 Å². The molecule has 2 aromatic heterocycles. The van der Waals surface area contributed by atoms with Gasteiger partial charge in [-0.1, -0.05) is 41.2 Å². The molecule has 5 aromatic rings. The average molecular weight is 471 g/mol. The van der Waals surface area contributed by atoms with Gasteiger partial charge in [-0.3, -0.25) is 14.5 Å². The molecule has 0 aliphatic carbocycles. The lowest BCUT2D eigenvalue weighted by atomic mass is 9.98. The van der Waals surface area contributed by atoms with Gasteiger partial charge >= 0.3 is 0 Å². The minimum atomic E-state index is -0.772. The Hall–Kier alpha value is -3.84. The van der Waals surface area contributed by atoms with E-state index in [0.29, 0.717) is 21.7 Å². The topological polar surface area (TPSA) is 63.4 Å². The smallest absolute Gasteiger partial charge is 0.297 e. The number of hydrogen-bond acceptors (Lipinski definition) is 5. The first-order valence-corrected chi connectivity index (χ1v) is 11.7. The highest BCUT2D eigenvalue weighted by atomic mass is 32.1. The number of anilines is 1. The van der Waals surface area contributed by atoms with Crippen molar-refractivity contribution in [3.63, 3.8) is 0 Å². The SMILES string of the molecule is Cc1cc(C)c2nc(N3C(=O)c4oc5ccc(C)cc5c(=O)c4[C@@H]3c3ccc(F)cc3)sc2c1. The van der Waals surface area contributed by atoms with Crippen molar-refractivity contribution in [2.24, 2.45) is 0 Å². The van der Waals surface area contributed by atoms with Crippen molar-refractivity contribution in [3.8, 4) is 0 Å². The molecule has 1 aliphatic heterocycles. The molecule has 0 fully saturated rings. The Labute approximate surface area is 198 Å². The molecule has 6 rings (SSSR count).